The predicted molar refractivity (Wildman–Crippen MR) is 87.6 cm³/mol. The molecule has 20 heavy (non-hydrogen) atoms. The molecule has 0 aromatic heterocycles. The fourth-order valence-electron chi connectivity index (χ4n) is 3.45. The van der Waals surface area contributed by atoms with E-state index in [2.05, 4.69) is 48.3 Å². The van der Waals surface area contributed by atoms with Crippen LogP contribution in [0.3, 0.4) is 0 Å². The summed E-state index contributed by atoms with van der Waals surface area (Å²) in [6.45, 7) is 8.24. The van der Waals surface area contributed by atoms with Crippen LogP contribution in [0.4, 0.5) is 0 Å². The average Bonchev–Trinajstić information content (AvgIpc) is 2.86. The van der Waals surface area contributed by atoms with Gasteiger partial charge in [-0.1, -0.05) is 31.5 Å². The average molecular weight is 290 g/mol. The molecule has 0 amide bonds. The maximum atomic E-state index is 3.70. The Balaban J connectivity index is 1.65. The highest BCUT2D eigenvalue weighted by Crippen LogP contribution is 2.39. The van der Waals surface area contributed by atoms with Gasteiger partial charge in [-0.2, -0.15) is 0 Å². The second kappa shape index (κ2) is 6.50. The Kier molecular flexibility index (Phi) is 4.69. The number of nitrogens with zero attached hydrogens (tertiary/aromatic N) is 1. The minimum Gasteiger partial charge on any atom is -0.311 e. The first-order valence-corrected chi connectivity index (χ1v) is 8.95. The van der Waals surface area contributed by atoms with E-state index in [-0.39, 0.29) is 0 Å². The number of thioether (sulfide) groups is 1. The molecule has 1 saturated heterocycles. The quantitative estimate of drug-likeness (QED) is 0.915. The van der Waals surface area contributed by atoms with Gasteiger partial charge < -0.3 is 5.32 Å². The maximum Gasteiger partial charge on any atom is 0.0195 e. The first-order valence-electron chi connectivity index (χ1n) is 7.97. The van der Waals surface area contributed by atoms with Crippen LogP contribution in [-0.2, 0) is 0 Å². The molecule has 1 aromatic carbocycles. The van der Waals surface area contributed by atoms with Gasteiger partial charge in [0.05, 0.1) is 0 Å². The van der Waals surface area contributed by atoms with Crippen LogP contribution < -0.4 is 5.32 Å². The zero-order valence-electron chi connectivity index (χ0n) is 12.6. The van der Waals surface area contributed by atoms with Gasteiger partial charge >= 0.3 is 0 Å². The molecule has 0 radical (unpaired) electrons. The third-order valence-corrected chi connectivity index (χ3v) is 5.92. The fraction of sp³-hybridized carbons (Fsp3) is 0.647. The summed E-state index contributed by atoms with van der Waals surface area (Å²) in [6.07, 6.45) is 2.58. The van der Waals surface area contributed by atoms with Gasteiger partial charge in [-0.05, 0) is 25.0 Å². The molecular formula is C17H26N2S. The van der Waals surface area contributed by atoms with Gasteiger partial charge in [-0.25, -0.2) is 0 Å². The molecule has 0 bridgehead atoms. The van der Waals surface area contributed by atoms with Gasteiger partial charge in [0, 0.05) is 48.3 Å². The molecule has 110 valence electrons. The number of fused-ring (bicyclic) bond motifs is 1. The third kappa shape index (κ3) is 3.05. The molecule has 1 N–H and O–H groups in total. The van der Waals surface area contributed by atoms with Crippen LogP contribution in [0, 0.1) is 0 Å². The summed E-state index contributed by atoms with van der Waals surface area (Å²) in [5, 5.41) is 3.70. The highest BCUT2D eigenvalue weighted by atomic mass is 32.2. The van der Waals surface area contributed by atoms with E-state index in [9.17, 15) is 0 Å². The molecule has 3 heteroatoms. The highest BCUT2D eigenvalue weighted by Gasteiger charge is 2.30. The molecule has 3 atom stereocenters. The summed E-state index contributed by atoms with van der Waals surface area (Å²) in [7, 11) is 0. The third-order valence-electron chi connectivity index (χ3n) is 4.67. The molecule has 2 heterocycles. The molecule has 2 aliphatic rings. The Hall–Kier alpha value is -0.510. The van der Waals surface area contributed by atoms with Crippen molar-refractivity contribution >= 4 is 11.8 Å². The van der Waals surface area contributed by atoms with Crippen LogP contribution in [0.25, 0.3) is 0 Å². The van der Waals surface area contributed by atoms with Crippen molar-refractivity contribution in [1.82, 2.24) is 10.2 Å². The van der Waals surface area contributed by atoms with E-state index >= 15 is 0 Å². The Morgan fingerprint density at radius 3 is 3.05 bits per heavy atom. The monoisotopic (exact) mass is 290 g/mol. The Morgan fingerprint density at radius 1 is 1.35 bits per heavy atom. The molecule has 0 aliphatic carbocycles. The van der Waals surface area contributed by atoms with Gasteiger partial charge in [-0.3, -0.25) is 4.90 Å². The Morgan fingerprint density at radius 2 is 2.20 bits per heavy atom. The lowest BCUT2D eigenvalue weighted by atomic mass is 9.98. The molecule has 0 spiro atoms. The maximum absolute atomic E-state index is 3.70. The Labute approximate surface area is 127 Å². The molecule has 2 aliphatic heterocycles. The second-order valence-electron chi connectivity index (χ2n) is 6.24. The van der Waals surface area contributed by atoms with Crippen LogP contribution in [0.2, 0.25) is 0 Å². The zero-order valence-corrected chi connectivity index (χ0v) is 13.5. The molecule has 0 saturated carbocycles. The molecule has 2 nitrogen and oxygen atoms in total. The minimum atomic E-state index is 0.667. The molecule has 1 aromatic rings. The van der Waals surface area contributed by atoms with Crippen LogP contribution in [-0.4, -0.2) is 42.4 Å². The van der Waals surface area contributed by atoms with E-state index in [0.29, 0.717) is 12.1 Å². The van der Waals surface area contributed by atoms with E-state index in [1.165, 1.54) is 36.6 Å². The molecule has 1 fully saturated rings. The number of hydrogen-bond donors (Lipinski definition) is 1. The lowest BCUT2D eigenvalue weighted by Crippen LogP contribution is -2.56. The van der Waals surface area contributed by atoms with Gasteiger partial charge in [0.2, 0.25) is 0 Å². The van der Waals surface area contributed by atoms with Crippen molar-refractivity contribution in [3.05, 3.63) is 29.8 Å². The first-order chi connectivity index (χ1) is 9.78. The number of hydrogen-bond acceptors (Lipinski definition) is 3. The van der Waals surface area contributed by atoms with Crippen molar-refractivity contribution < 1.29 is 0 Å². The van der Waals surface area contributed by atoms with Crippen molar-refractivity contribution in [1.29, 1.82) is 0 Å². The number of piperazine rings is 1. The first kappa shape index (κ1) is 14.4. The number of rotatable bonds is 4. The van der Waals surface area contributed by atoms with Crippen molar-refractivity contribution in [2.45, 2.75) is 49.6 Å². The van der Waals surface area contributed by atoms with E-state index < -0.39 is 0 Å². The zero-order chi connectivity index (χ0) is 13.9. The standard InChI is InChI=1S/C17H26N2S/c1-3-6-15-11-19(13(2)9-18-15)10-14-12-20-17-8-5-4-7-16(14)17/h4-5,7-8,13-15,18H,3,6,9-12H2,1-2H3. The van der Waals surface area contributed by atoms with Crippen LogP contribution in [0.5, 0.6) is 0 Å². The van der Waals surface area contributed by atoms with E-state index in [1.54, 1.807) is 5.56 Å². The largest absolute Gasteiger partial charge is 0.311 e. The van der Waals surface area contributed by atoms with Crippen molar-refractivity contribution in [2.24, 2.45) is 0 Å². The topological polar surface area (TPSA) is 15.3 Å². The normalized spacial score (nSPS) is 30.4. The van der Waals surface area contributed by atoms with Crippen LogP contribution in [0.15, 0.2) is 29.2 Å². The smallest absolute Gasteiger partial charge is 0.0195 e. The summed E-state index contributed by atoms with van der Waals surface area (Å²) in [4.78, 5) is 4.22. The Bertz CT molecular complexity index is 448. The number of nitrogens with one attached hydrogen (secondary N) is 1. The SMILES string of the molecule is CCCC1CN(CC2CSc3ccccc32)C(C)CN1. The van der Waals surface area contributed by atoms with Crippen molar-refractivity contribution in [2.75, 3.05) is 25.4 Å². The van der Waals surface area contributed by atoms with Crippen molar-refractivity contribution in [3.63, 3.8) is 0 Å². The van der Waals surface area contributed by atoms with Crippen molar-refractivity contribution in [3.8, 4) is 0 Å². The predicted octanol–water partition coefficient (Wildman–Crippen LogP) is 3.34. The van der Waals surface area contributed by atoms with E-state index in [0.717, 1.165) is 12.5 Å². The molecule has 3 unspecified atom stereocenters. The van der Waals surface area contributed by atoms with E-state index in [1.807, 2.05) is 11.8 Å². The fourth-order valence-corrected chi connectivity index (χ4v) is 4.70. The highest BCUT2D eigenvalue weighted by molar-refractivity contribution is 7.99. The summed E-state index contributed by atoms with van der Waals surface area (Å²) in [6, 6.07) is 10.3. The van der Waals surface area contributed by atoms with Gasteiger partial charge in [0.1, 0.15) is 0 Å². The summed E-state index contributed by atoms with van der Waals surface area (Å²) in [5.41, 5.74) is 1.58. The summed E-state index contributed by atoms with van der Waals surface area (Å²) in [5.74, 6) is 1.98. The van der Waals surface area contributed by atoms with Gasteiger partial charge in [0.25, 0.3) is 0 Å². The lowest BCUT2D eigenvalue weighted by Gasteiger charge is -2.40. The van der Waals surface area contributed by atoms with Gasteiger partial charge in [0.15, 0.2) is 0 Å². The minimum absolute atomic E-state index is 0.667. The second-order valence-corrected chi connectivity index (χ2v) is 7.30. The summed E-state index contributed by atoms with van der Waals surface area (Å²) < 4.78 is 0. The number of benzene rings is 1. The molecular weight excluding hydrogens is 264 g/mol. The van der Waals surface area contributed by atoms with Crippen LogP contribution >= 0.6 is 11.8 Å². The lowest BCUT2D eigenvalue weighted by molar-refractivity contribution is 0.131. The summed E-state index contributed by atoms with van der Waals surface area (Å²) >= 11 is 2.03. The molecule has 3 rings (SSSR count). The van der Waals surface area contributed by atoms with Crippen LogP contribution in [0.1, 0.15) is 38.2 Å². The van der Waals surface area contributed by atoms with E-state index in [4.69, 9.17) is 0 Å². The van der Waals surface area contributed by atoms with Gasteiger partial charge in [-0.15, -0.1) is 11.8 Å².